The van der Waals surface area contributed by atoms with Crippen molar-refractivity contribution in [1.82, 2.24) is 5.32 Å². The highest BCUT2D eigenvalue weighted by atomic mass is 16.5. The number of carbonyl (C=O) groups is 1. The van der Waals surface area contributed by atoms with Gasteiger partial charge in [-0.15, -0.1) is 0 Å². The maximum Gasteiger partial charge on any atom is 0.312 e. The van der Waals surface area contributed by atoms with Gasteiger partial charge in [0.25, 0.3) is 0 Å². The van der Waals surface area contributed by atoms with Gasteiger partial charge < -0.3 is 15.2 Å². The van der Waals surface area contributed by atoms with Gasteiger partial charge >= 0.3 is 5.97 Å². The minimum atomic E-state index is -0.792. The van der Waals surface area contributed by atoms with Crippen molar-refractivity contribution in [2.24, 2.45) is 5.92 Å². The minimum absolute atomic E-state index is 0.448. The molecule has 0 fully saturated rings. The number of carboxylic acids is 1. The van der Waals surface area contributed by atoms with Crippen LogP contribution in [0.25, 0.3) is 0 Å². The lowest BCUT2D eigenvalue weighted by Gasteiger charge is -2.14. The van der Waals surface area contributed by atoms with Crippen LogP contribution in [-0.2, 0) is 9.53 Å². The molecule has 0 aliphatic carbocycles. The first-order valence-corrected chi connectivity index (χ1v) is 7.17. The van der Waals surface area contributed by atoms with Gasteiger partial charge in [-0.2, -0.15) is 0 Å². The van der Waals surface area contributed by atoms with Gasteiger partial charge in [0.15, 0.2) is 0 Å². The fraction of sp³-hybridized carbons (Fsp3) is 0.562. The number of rotatable bonds is 10. The van der Waals surface area contributed by atoms with Crippen LogP contribution < -0.4 is 5.32 Å². The Morgan fingerprint density at radius 2 is 2.00 bits per heavy atom. The van der Waals surface area contributed by atoms with Gasteiger partial charge in [-0.05, 0) is 24.4 Å². The summed E-state index contributed by atoms with van der Waals surface area (Å²) >= 11 is 0. The van der Waals surface area contributed by atoms with Gasteiger partial charge in [0.2, 0.25) is 0 Å². The molecule has 0 aromatic heterocycles. The van der Waals surface area contributed by atoms with E-state index in [1.165, 1.54) is 0 Å². The van der Waals surface area contributed by atoms with Crippen LogP contribution in [0.5, 0.6) is 0 Å². The Kier molecular flexibility index (Phi) is 7.92. The van der Waals surface area contributed by atoms with Crippen molar-refractivity contribution in [3.05, 3.63) is 35.9 Å². The van der Waals surface area contributed by atoms with Gasteiger partial charge in [0, 0.05) is 19.8 Å². The molecule has 1 unspecified atom stereocenters. The molecular weight excluding hydrogens is 254 g/mol. The Morgan fingerprint density at radius 3 is 2.60 bits per heavy atom. The van der Waals surface area contributed by atoms with Crippen molar-refractivity contribution >= 4 is 5.97 Å². The second kappa shape index (κ2) is 9.50. The van der Waals surface area contributed by atoms with Crippen molar-refractivity contribution in [3.63, 3.8) is 0 Å². The quantitative estimate of drug-likeness (QED) is 0.646. The SMILES string of the molecule is CC(C)COCCCNCC(C(=O)O)c1ccccc1. The van der Waals surface area contributed by atoms with Crippen molar-refractivity contribution in [1.29, 1.82) is 0 Å². The van der Waals surface area contributed by atoms with E-state index in [-0.39, 0.29) is 0 Å². The first kappa shape index (κ1) is 16.7. The zero-order valence-electron chi connectivity index (χ0n) is 12.3. The molecule has 0 radical (unpaired) electrons. The zero-order chi connectivity index (χ0) is 14.8. The Balaban J connectivity index is 2.23. The van der Waals surface area contributed by atoms with E-state index in [0.29, 0.717) is 19.1 Å². The van der Waals surface area contributed by atoms with E-state index in [4.69, 9.17) is 4.74 Å². The lowest BCUT2D eigenvalue weighted by molar-refractivity contribution is -0.138. The van der Waals surface area contributed by atoms with E-state index in [2.05, 4.69) is 19.2 Å². The molecule has 0 amide bonds. The Bertz CT molecular complexity index is 379. The summed E-state index contributed by atoms with van der Waals surface area (Å²) in [5, 5.41) is 12.5. The number of aliphatic carboxylic acids is 1. The standard InChI is InChI=1S/C16H25NO3/c1-13(2)12-20-10-6-9-17-11-15(16(18)19)14-7-4-3-5-8-14/h3-5,7-8,13,15,17H,6,9-12H2,1-2H3,(H,18,19). The molecule has 1 aromatic carbocycles. The molecule has 0 aliphatic heterocycles. The van der Waals surface area contributed by atoms with E-state index in [9.17, 15) is 9.90 Å². The fourth-order valence-corrected chi connectivity index (χ4v) is 1.90. The number of ether oxygens (including phenoxy) is 1. The molecule has 0 spiro atoms. The average Bonchev–Trinajstić information content (AvgIpc) is 2.42. The number of nitrogens with one attached hydrogen (secondary N) is 1. The summed E-state index contributed by atoms with van der Waals surface area (Å²) in [6, 6.07) is 9.33. The Hall–Kier alpha value is -1.39. The van der Waals surface area contributed by atoms with Crippen LogP contribution in [0.15, 0.2) is 30.3 Å². The van der Waals surface area contributed by atoms with Crippen LogP contribution in [-0.4, -0.2) is 37.4 Å². The largest absolute Gasteiger partial charge is 0.481 e. The summed E-state index contributed by atoms with van der Waals surface area (Å²) in [6.07, 6.45) is 0.897. The molecule has 4 heteroatoms. The Labute approximate surface area is 121 Å². The van der Waals surface area contributed by atoms with Crippen LogP contribution in [0.1, 0.15) is 31.7 Å². The van der Waals surface area contributed by atoms with E-state index >= 15 is 0 Å². The van der Waals surface area contributed by atoms with Crippen LogP contribution in [0.3, 0.4) is 0 Å². The molecule has 112 valence electrons. The molecule has 0 saturated carbocycles. The van der Waals surface area contributed by atoms with Gasteiger partial charge in [-0.25, -0.2) is 0 Å². The minimum Gasteiger partial charge on any atom is -0.481 e. The first-order chi connectivity index (χ1) is 9.61. The van der Waals surface area contributed by atoms with E-state index in [0.717, 1.165) is 25.1 Å². The number of hydrogen-bond acceptors (Lipinski definition) is 3. The maximum atomic E-state index is 11.3. The monoisotopic (exact) mass is 279 g/mol. The van der Waals surface area contributed by atoms with Gasteiger partial charge in [-0.1, -0.05) is 44.2 Å². The third kappa shape index (κ3) is 6.68. The van der Waals surface area contributed by atoms with Crippen LogP contribution in [0.4, 0.5) is 0 Å². The zero-order valence-corrected chi connectivity index (χ0v) is 12.3. The van der Waals surface area contributed by atoms with Crippen molar-refractivity contribution in [2.75, 3.05) is 26.3 Å². The molecule has 1 aromatic rings. The van der Waals surface area contributed by atoms with E-state index in [1.807, 2.05) is 30.3 Å². The van der Waals surface area contributed by atoms with Crippen LogP contribution in [0.2, 0.25) is 0 Å². The smallest absolute Gasteiger partial charge is 0.312 e. The summed E-state index contributed by atoms with van der Waals surface area (Å²) in [5.74, 6) is -0.732. The topological polar surface area (TPSA) is 58.6 Å². The summed E-state index contributed by atoms with van der Waals surface area (Å²) in [7, 11) is 0. The highest BCUT2D eigenvalue weighted by Gasteiger charge is 2.18. The molecule has 1 rings (SSSR count). The number of carboxylic acid groups (broad SMARTS) is 1. The highest BCUT2D eigenvalue weighted by Crippen LogP contribution is 2.14. The van der Waals surface area contributed by atoms with Gasteiger partial charge in [-0.3, -0.25) is 4.79 Å². The molecule has 2 N–H and O–H groups in total. The van der Waals surface area contributed by atoms with Crippen LogP contribution >= 0.6 is 0 Å². The summed E-state index contributed by atoms with van der Waals surface area (Å²) < 4.78 is 5.48. The fourth-order valence-electron chi connectivity index (χ4n) is 1.90. The van der Waals surface area contributed by atoms with Crippen LogP contribution in [0, 0.1) is 5.92 Å². The second-order valence-corrected chi connectivity index (χ2v) is 5.33. The van der Waals surface area contributed by atoms with Gasteiger partial charge in [0.05, 0.1) is 5.92 Å². The summed E-state index contributed by atoms with van der Waals surface area (Å²) in [5.41, 5.74) is 0.837. The van der Waals surface area contributed by atoms with Crippen molar-refractivity contribution in [3.8, 4) is 0 Å². The third-order valence-corrected chi connectivity index (χ3v) is 2.94. The predicted molar refractivity (Wildman–Crippen MR) is 80.0 cm³/mol. The molecule has 20 heavy (non-hydrogen) atoms. The molecule has 0 aliphatic rings. The predicted octanol–water partition coefficient (Wildman–Crippen LogP) is 2.51. The number of hydrogen-bond donors (Lipinski definition) is 2. The first-order valence-electron chi connectivity index (χ1n) is 7.17. The van der Waals surface area contributed by atoms with E-state index < -0.39 is 11.9 Å². The van der Waals surface area contributed by atoms with E-state index in [1.54, 1.807) is 0 Å². The summed E-state index contributed by atoms with van der Waals surface area (Å²) in [6.45, 7) is 6.96. The lowest BCUT2D eigenvalue weighted by Crippen LogP contribution is -2.28. The number of benzene rings is 1. The molecular formula is C16H25NO3. The normalized spacial score (nSPS) is 12.6. The molecule has 0 heterocycles. The summed E-state index contributed by atoms with van der Waals surface area (Å²) in [4.78, 5) is 11.3. The van der Waals surface area contributed by atoms with Gasteiger partial charge in [0.1, 0.15) is 0 Å². The lowest BCUT2D eigenvalue weighted by atomic mass is 9.99. The second-order valence-electron chi connectivity index (χ2n) is 5.33. The molecule has 1 atom stereocenters. The van der Waals surface area contributed by atoms with Crippen molar-refractivity contribution in [2.45, 2.75) is 26.2 Å². The average molecular weight is 279 g/mol. The molecule has 0 bridgehead atoms. The third-order valence-electron chi connectivity index (χ3n) is 2.94. The maximum absolute atomic E-state index is 11.3. The Morgan fingerprint density at radius 1 is 1.30 bits per heavy atom. The molecule has 0 saturated heterocycles. The molecule has 4 nitrogen and oxygen atoms in total. The van der Waals surface area contributed by atoms with Crippen molar-refractivity contribution < 1.29 is 14.6 Å². The highest BCUT2D eigenvalue weighted by molar-refractivity contribution is 5.76.